The Bertz CT molecular complexity index is 294. The molecule has 6 nitrogen and oxygen atoms in total. The van der Waals surface area contributed by atoms with Crippen LogP contribution in [0, 0.1) is 6.92 Å². The van der Waals surface area contributed by atoms with Crippen LogP contribution in [0.15, 0.2) is 4.52 Å². The Morgan fingerprint density at radius 1 is 1.62 bits per heavy atom. The molecular weight excluding hydrogens is 172 g/mol. The fraction of sp³-hybridized carbons (Fsp3) is 0.571. The van der Waals surface area contributed by atoms with Crippen molar-refractivity contribution in [2.24, 2.45) is 0 Å². The first kappa shape index (κ1) is 9.50. The van der Waals surface area contributed by atoms with Crippen molar-refractivity contribution in [3.8, 4) is 0 Å². The number of carbonyl (C=O) groups is 1. The van der Waals surface area contributed by atoms with Gasteiger partial charge in [-0.05, 0) is 0 Å². The van der Waals surface area contributed by atoms with Gasteiger partial charge in [0.25, 0.3) is 0 Å². The summed E-state index contributed by atoms with van der Waals surface area (Å²) in [6.07, 6.45) is 0. The summed E-state index contributed by atoms with van der Waals surface area (Å²) >= 11 is 0. The van der Waals surface area contributed by atoms with Gasteiger partial charge in [-0.3, -0.25) is 0 Å². The minimum absolute atomic E-state index is 0.178. The van der Waals surface area contributed by atoms with Gasteiger partial charge >= 0.3 is 6.03 Å². The van der Waals surface area contributed by atoms with Crippen LogP contribution in [0.4, 0.5) is 4.79 Å². The molecule has 0 unspecified atom stereocenters. The van der Waals surface area contributed by atoms with Gasteiger partial charge in [-0.1, -0.05) is 5.16 Å². The molecule has 1 heterocycles. The van der Waals surface area contributed by atoms with Gasteiger partial charge in [0.15, 0.2) is 5.82 Å². The molecule has 0 aliphatic carbocycles. The van der Waals surface area contributed by atoms with Crippen LogP contribution in [0.1, 0.15) is 11.7 Å². The van der Waals surface area contributed by atoms with Crippen LogP contribution in [-0.4, -0.2) is 35.2 Å². The van der Waals surface area contributed by atoms with E-state index >= 15 is 0 Å². The predicted octanol–water partition coefficient (Wildman–Crippen LogP) is 0.149. The zero-order chi connectivity index (χ0) is 9.84. The zero-order valence-corrected chi connectivity index (χ0v) is 7.87. The average molecular weight is 184 g/mol. The normalized spacial score (nSPS) is 9.77. The van der Waals surface area contributed by atoms with Gasteiger partial charge in [0.2, 0.25) is 5.89 Å². The SMILES string of the molecule is Cc1nc(CNC(=O)N(C)C)no1. The number of aromatic nitrogens is 2. The highest BCUT2D eigenvalue weighted by Crippen LogP contribution is 1.93. The van der Waals surface area contributed by atoms with Crippen molar-refractivity contribution in [2.75, 3.05) is 14.1 Å². The number of carbonyl (C=O) groups excluding carboxylic acids is 1. The van der Waals surface area contributed by atoms with Crippen LogP contribution in [0.2, 0.25) is 0 Å². The molecule has 0 saturated heterocycles. The van der Waals surface area contributed by atoms with E-state index in [1.165, 1.54) is 4.90 Å². The molecule has 1 N–H and O–H groups in total. The number of nitrogens with one attached hydrogen (secondary N) is 1. The largest absolute Gasteiger partial charge is 0.340 e. The van der Waals surface area contributed by atoms with E-state index in [0.29, 0.717) is 11.7 Å². The molecule has 0 spiro atoms. The lowest BCUT2D eigenvalue weighted by Gasteiger charge is -2.09. The van der Waals surface area contributed by atoms with E-state index in [1.54, 1.807) is 21.0 Å². The van der Waals surface area contributed by atoms with Crippen molar-refractivity contribution < 1.29 is 9.32 Å². The first-order valence-electron chi connectivity index (χ1n) is 3.84. The van der Waals surface area contributed by atoms with Gasteiger partial charge in [0.05, 0.1) is 6.54 Å². The Balaban J connectivity index is 2.39. The molecule has 0 saturated carbocycles. The topological polar surface area (TPSA) is 71.3 Å². The number of amides is 2. The van der Waals surface area contributed by atoms with Crippen molar-refractivity contribution in [3.63, 3.8) is 0 Å². The third kappa shape index (κ3) is 2.73. The van der Waals surface area contributed by atoms with Crippen molar-refractivity contribution in [1.82, 2.24) is 20.4 Å². The van der Waals surface area contributed by atoms with E-state index in [4.69, 9.17) is 4.52 Å². The van der Waals surface area contributed by atoms with Gasteiger partial charge in [0, 0.05) is 21.0 Å². The van der Waals surface area contributed by atoms with E-state index in [-0.39, 0.29) is 12.6 Å². The second-order valence-electron chi connectivity index (χ2n) is 2.78. The lowest BCUT2D eigenvalue weighted by atomic mass is 10.6. The second-order valence-corrected chi connectivity index (χ2v) is 2.78. The molecule has 0 aliphatic heterocycles. The lowest BCUT2D eigenvalue weighted by Crippen LogP contribution is -2.34. The lowest BCUT2D eigenvalue weighted by molar-refractivity contribution is 0.216. The van der Waals surface area contributed by atoms with Crippen LogP contribution in [-0.2, 0) is 6.54 Å². The predicted molar refractivity (Wildman–Crippen MR) is 45.0 cm³/mol. The van der Waals surface area contributed by atoms with Crippen LogP contribution < -0.4 is 5.32 Å². The fourth-order valence-electron chi connectivity index (χ4n) is 0.726. The quantitative estimate of drug-likeness (QED) is 0.710. The minimum atomic E-state index is -0.178. The molecule has 0 atom stereocenters. The van der Waals surface area contributed by atoms with Crippen molar-refractivity contribution >= 4 is 6.03 Å². The number of aryl methyl sites for hydroxylation is 1. The van der Waals surface area contributed by atoms with E-state index in [1.807, 2.05) is 0 Å². The standard InChI is InChI=1S/C7H12N4O2/c1-5-9-6(10-13-5)4-8-7(12)11(2)3/h4H2,1-3H3,(H,8,12). The van der Waals surface area contributed by atoms with Gasteiger partial charge in [-0.2, -0.15) is 4.98 Å². The number of urea groups is 1. The van der Waals surface area contributed by atoms with Crippen molar-refractivity contribution in [2.45, 2.75) is 13.5 Å². The molecule has 0 aliphatic rings. The molecular formula is C7H12N4O2. The fourth-order valence-corrected chi connectivity index (χ4v) is 0.726. The zero-order valence-electron chi connectivity index (χ0n) is 7.87. The van der Waals surface area contributed by atoms with E-state index < -0.39 is 0 Å². The summed E-state index contributed by atoms with van der Waals surface area (Å²) in [5.41, 5.74) is 0. The highest BCUT2D eigenvalue weighted by atomic mass is 16.5. The first-order valence-corrected chi connectivity index (χ1v) is 3.84. The molecule has 0 fully saturated rings. The molecule has 6 heteroatoms. The number of hydrogen-bond acceptors (Lipinski definition) is 4. The third-order valence-electron chi connectivity index (χ3n) is 1.37. The average Bonchev–Trinajstić information content (AvgIpc) is 2.47. The van der Waals surface area contributed by atoms with Gasteiger partial charge < -0.3 is 14.7 Å². The Morgan fingerprint density at radius 3 is 2.77 bits per heavy atom. The molecule has 1 aromatic heterocycles. The molecule has 1 rings (SSSR count). The Labute approximate surface area is 75.9 Å². The molecule has 13 heavy (non-hydrogen) atoms. The number of rotatable bonds is 2. The van der Waals surface area contributed by atoms with Crippen molar-refractivity contribution in [1.29, 1.82) is 0 Å². The summed E-state index contributed by atoms with van der Waals surface area (Å²) < 4.78 is 4.73. The first-order chi connectivity index (χ1) is 6.09. The van der Waals surface area contributed by atoms with Gasteiger partial charge in [-0.15, -0.1) is 0 Å². The summed E-state index contributed by atoms with van der Waals surface area (Å²) in [6, 6.07) is -0.178. The summed E-state index contributed by atoms with van der Waals surface area (Å²) in [6.45, 7) is 1.98. The summed E-state index contributed by atoms with van der Waals surface area (Å²) in [4.78, 5) is 16.4. The molecule has 0 aromatic carbocycles. The Kier molecular flexibility index (Phi) is 2.84. The van der Waals surface area contributed by atoms with Crippen LogP contribution >= 0.6 is 0 Å². The Hall–Kier alpha value is -1.59. The summed E-state index contributed by atoms with van der Waals surface area (Å²) in [5.74, 6) is 0.974. The molecule has 0 bridgehead atoms. The Morgan fingerprint density at radius 2 is 2.31 bits per heavy atom. The highest BCUT2D eigenvalue weighted by molar-refractivity contribution is 5.73. The van der Waals surface area contributed by atoms with E-state index in [2.05, 4.69) is 15.5 Å². The summed E-state index contributed by atoms with van der Waals surface area (Å²) in [5, 5.41) is 6.24. The van der Waals surface area contributed by atoms with Crippen LogP contribution in [0.3, 0.4) is 0 Å². The molecule has 2 amide bonds. The maximum absolute atomic E-state index is 11.1. The van der Waals surface area contributed by atoms with E-state index in [9.17, 15) is 4.79 Å². The monoisotopic (exact) mass is 184 g/mol. The second kappa shape index (κ2) is 3.88. The minimum Gasteiger partial charge on any atom is -0.340 e. The van der Waals surface area contributed by atoms with Crippen LogP contribution in [0.5, 0.6) is 0 Å². The summed E-state index contributed by atoms with van der Waals surface area (Å²) in [7, 11) is 3.33. The van der Waals surface area contributed by atoms with Gasteiger partial charge in [0.1, 0.15) is 0 Å². The molecule has 0 radical (unpaired) electrons. The van der Waals surface area contributed by atoms with E-state index in [0.717, 1.165) is 0 Å². The molecule has 1 aromatic rings. The highest BCUT2D eigenvalue weighted by Gasteiger charge is 2.05. The maximum Gasteiger partial charge on any atom is 0.317 e. The van der Waals surface area contributed by atoms with Gasteiger partial charge in [-0.25, -0.2) is 4.79 Å². The maximum atomic E-state index is 11.1. The number of hydrogen-bond donors (Lipinski definition) is 1. The number of nitrogens with zero attached hydrogens (tertiary/aromatic N) is 3. The van der Waals surface area contributed by atoms with Crippen molar-refractivity contribution in [3.05, 3.63) is 11.7 Å². The third-order valence-corrected chi connectivity index (χ3v) is 1.37. The smallest absolute Gasteiger partial charge is 0.317 e. The molecule has 72 valence electrons. The van der Waals surface area contributed by atoms with Crippen LogP contribution in [0.25, 0.3) is 0 Å².